The summed E-state index contributed by atoms with van der Waals surface area (Å²) in [6.45, 7) is 14.2. The van der Waals surface area contributed by atoms with Gasteiger partial charge in [-0.15, -0.1) is 0 Å². The summed E-state index contributed by atoms with van der Waals surface area (Å²) in [5, 5.41) is 2.55. The van der Waals surface area contributed by atoms with Crippen LogP contribution in [-0.4, -0.2) is 0 Å². The number of benzene rings is 10. The fourth-order valence-electron chi connectivity index (χ4n) is 12.3. The monoisotopic (exact) mass is 871 g/mol. The van der Waals surface area contributed by atoms with E-state index in [0.29, 0.717) is 0 Å². The van der Waals surface area contributed by atoms with Gasteiger partial charge < -0.3 is 4.90 Å². The Bertz CT molecular complexity index is 3540. The van der Waals surface area contributed by atoms with E-state index in [-0.39, 0.29) is 16.2 Å². The third kappa shape index (κ3) is 5.94. The van der Waals surface area contributed by atoms with Crippen molar-refractivity contribution in [3.8, 4) is 66.8 Å². The first-order chi connectivity index (χ1) is 33.0. The smallest absolute Gasteiger partial charge is 0.0465 e. The van der Waals surface area contributed by atoms with E-state index in [1.807, 2.05) is 0 Å². The third-order valence-corrected chi connectivity index (χ3v) is 16.1. The molecule has 0 atom stereocenters. The standard InChI is InChI=1S/C67H53N/c1-65(2)59-20-11-9-17-53(59)55-34-26-45(38-61(55)65)42-22-29-48(30-23-42)68(49-31-24-43(25-32-49)46-27-35-56-54-18-10-12-21-60(54)66(3,4)62(56)39-46)50-33-37-58-57-36-28-47(40-63(57)67(5,6)64(58)41-50)52-19-13-15-44-14-7-8-16-51(44)52/h7-41H,1-6H3. The van der Waals surface area contributed by atoms with Gasteiger partial charge in [-0.2, -0.15) is 0 Å². The molecule has 10 aromatic rings. The summed E-state index contributed by atoms with van der Waals surface area (Å²) in [7, 11) is 0. The van der Waals surface area contributed by atoms with Crippen LogP contribution in [0.25, 0.3) is 77.5 Å². The lowest BCUT2D eigenvalue weighted by molar-refractivity contribution is 0.660. The predicted molar refractivity (Wildman–Crippen MR) is 288 cm³/mol. The molecule has 326 valence electrons. The molecule has 3 aliphatic carbocycles. The van der Waals surface area contributed by atoms with E-state index in [1.165, 1.54) is 111 Å². The van der Waals surface area contributed by atoms with Gasteiger partial charge in [0.05, 0.1) is 0 Å². The van der Waals surface area contributed by atoms with E-state index in [9.17, 15) is 0 Å². The largest absolute Gasteiger partial charge is 0.310 e. The molecule has 0 bridgehead atoms. The van der Waals surface area contributed by atoms with Gasteiger partial charge >= 0.3 is 0 Å². The Morgan fingerprint density at radius 2 is 0.603 bits per heavy atom. The molecular weight excluding hydrogens is 819 g/mol. The minimum Gasteiger partial charge on any atom is -0.310 e. The summed E-state index contributed by atoms with van der Waals surface area (Å²) in [6.07, 6.45) is 0. The number of rotatable bonds is 6. The van der Waals surface area contributed by atoms with Crippen LogP contribution < -0.4 is 4.90 Å². The van der Waals surface area contributed by atoms with Gasteiger partial charge in [0, 0.05) is 33.3 Å². The van der Waals surface area contributed by atoms with Gasteiger partial charge in [-0.05, 0) is 166 Å². The highest BCUT2D eigenvalue weighted by molar-refractivity contribution is 5.98. The third-order valence-electron chi connectivity index (χ3n) is 16.1. The molecule has 3 aliphatic rings. The molecule has 0 aromatic heterocycles. The molecule has 0 heterocycles. The molecule has 0 fully saturated rings. The molecule has 0 saturated heterocycles. The highest BCUT2D eigenvalue weighted by atomic mass is 15.1. The SMILES string of the molecule is CC1(C)c2ccccc2-c2ccc(-c3ccc(N(c4ccc(-c5ccc6c(c5)C(C)(C)c5ccccc5-6)cc4)c4ccc5c(c4)C(C)(C)c4cc(-c6cccc7ccccc67)ccc4-5)cc3)cc21. The van der Waals surface area contributed by atoms with E-state index in [4.69, 9.17) is 0 Å². The summed E-state index contributed by atoms with van der Waals surface area (Å²) in [5.41, 5.74) is 26.9. The van der Waals surface area contributed by atoms with Crippen molar-refractivity contribution < 1.29 is 0 Å². The van der Waals surface area contributed by atoms with Gasteiger partial charge in [-0.1, -0.05) is 199 Å². The predicted octanol–water partition coefficient (Wildman–Crippen LogP) is 18.2. The van der Waals surface area contributed by atoms with E-state index < -0.39 is 0 Å². The van der Waals surface area contributed by atoms with E-state index >= 15 is 0 Å². The van der Waals surface area contributed by atoms with Crippen LogP contribution in [0.3, 0.4) is 0 Å². The van der Waals surface area contributed by atoms with E-state index in [2.05, 4.69) is 259 Å². The Kier molecular flexibility index (Phi) is 8.72. The van der Waals surface area contributed by atoms with Crippen molar-refractivity contribution in [2.75, 3.05) is 4.90 Å². The molecule has 10 aromatic carbocycles. The Balaban J connectivity index is 0.890. The Morgan fingerprint density at radius 1 is 0.250 bits per heavy atom. The highest BCUT2D eigenvalue weighted by Crippen LogP contribution is 2.54. The molecule has 1 heteroatoms. The van der Waals surface area contributed by atoms with Crippen LogP contribution in [0.2, 0.25) is 0 Å². The van der Waals surface area contributed by atoms with E-state index in [0.717, 1.165) is 17.1 Å². The van der Waals surface area contributed by atoms with Crippen LogP contribution in [0.1, 0.15) is 74.9 Å². The minimum atomic E-state index is -0.206. The second-order valence-corrected chi connectivity index (χ2v) is 20.9. The highest BCUT2D eigenvalue weighted by Gasteiger charge is 2.38. The molecule has 0 amide bonds. The van der Waals surface area contributed by atoms with Gasteiger partial charge in [-0.3, -0.25) is 0 Å². The zero-order valence-corrected chi connectivity index (χ0v) is 39.7. The van der Waals surface area contributed by atoms with Crippen molar-refractivity contribution in [3.63, 3.8) is 0 Å². The molecule has 68 heavy (non-hydrogen) atoms. The van der Waals surface area contributed by atoms with Gasteiger partial charge in [0.1, 0.15) is 0 Å². The first-order valence-corrected chi connectivity index (χ1v) is 24.2. The molecule has 0 N–H and O–H groups in total. The average Bonchev–Trinajstić information content (AvgIpc) is 3.85. The Labute approximate surface area is 401 Å². The molecule has 1 nitrogen and oxygen atoms in total. The van der Waals surface area contributed by atoms with Crippen molar-refractivity contribution in [2.24, 2.45) is 0 Å². The lowest BCUT2D eigenvalue weighted by Gasteiger charge is -2.28. The van der Waals surface area contributed by atoms with Crippen molar-refractivity contribution in [3.05, 3.63) is 246 Å². The molecular formula is C67H53N. The first-order valence-electron chi connectivity index (χ1n) is 24.2. The number of hydrogen-bond acceptors (Lipinski definition) is 1. The maximum absolute atomic E-state index is 2.45. The average molecular weight is 872 g/mol. The van der Waals surface area contributed by atoms with Gasteiger partial charge in [0.15, 0.2) is 0 Å². The van der Waals surface area contributed by atoms with Crippen LogP contribution in [0.4, 0.5) is 17.1 Å². The minimum absolute atomic E-state index is 0.0513. The molecule has 0 saturated carbocycles. The maximum atomic E-state index is 2.45. The fourth-order valence-corrected chi connectivity index (χ4v) is 12.3. The van der Waals surface area contributed by atoms with Gasteiger partial charge in [0.2, 0.25) is 0 Å². The van der Waals surface area contributed by atoms with Gasteiger partial charge in [-0.25, -0.2) is 0 Å². The summed E-state index contributed by atoms with van der Waals surface area (Å²) < 4.78 is 0. The van der Waals surface area contributed by atoms with Crippen molar-refractivity contribution >= 4 is 27.8 Å². The van der Waals surface area contributed by atoms with Crippen LogP contribution in [0.5, 0.6) is 0 Å². The maximum Gasteiger partial charge on any atom is 0.0465 e. The normalized spacial score (nSPS) is 15.0. The molecule has 0 unspecified atom stereocenters. The zero-order valence-electron chi connectivity index (χ0n) is 39.7. The molecule has 0 aliphatic heterocycles. The second-order valence-electron chi connectivity index (χ2n) is 20.9. The van der Waals surface area contributed by atoms with Crippen molar-refractivity contribution in [1.29, 1.82) is 0 Å². The number of fused-ring (bicyclic) bond motifs is 10. The summed E-state index contributed by atoms with van der Waals surface area (Å²) in [4.78, 5) is 2.44. The van der Waals surface area contributed by atoms with Gasteiger partial charge in [0.25, 0.3) is 0 Å². The second kappa shape index (κ2) is 14.6. The Hall–Kier alpha value is -7.74. The molecule has 0 spiro atoms. The van der Waals surface area contributed by atoms with E-state index in [1.54, 1.807) is 0 Å². The summed E-state index contributed by atoms with van der Waals surface area (Å²) in [6, 6.07) is 80.0. The van der Waals surface area contributed by atoms with Crippen LogP contribution in [-0.2, 0) is 16.2 Å². The number of hydrogen-bond donors (Lipinski definition) is 0. The van der Waals surface area contributed by atoms with Crippen LogP contribution >= 0.6 is 0 Å². The topological polar surface area (TPSA) is 3.24 Å². The van der Waals surface area contributed by atoms with Crippen molar-refractivity contribution in [2.45, 2.75) is 57.8 Å². The lowest BCUT2D eigenvalue weighted by atomic mass is 9.81. The first kappa shape index (κ1) is 40.5. The van der Waals surface area contributed by atoms with Crippen LogP contribution in [0, 0.1) is 0 Å². The summed E-state index contributed by atoms with van der Waals surface area (Å²) in [5.74, 6) is 0. The fraction of sp³-hybridized carbons (Fsp3) is 0.134. The lowest BCUT2D eigenvalue weighted by Crippen LogP contribution is -2.16. The quantitative estimate of drug-likeness (QED) is 0.161. The van der Waals surface area contributed by atoms with Crippen molar-refractivity contribution in [1.82, 2.24) is 0 Å². The molecule has 13 rings (SSSR count). The van der Waals surface area contributed by atoms with Crippen LogP contribution in [0.15, 0.2) is 212 Å². The number of nitrogens with zero attached hydrogens (tertiary/aromatic N) is 1. The zero-order chi connectivity index (χ0) is 46.1. The molecule has 0 radical (unpaired) electrons. The number of anilines is 3. The Morgan fingerprint density at radius 3 is 1.15 bits per heavy atom. The summed E-state index contributed by atoms with van der Waals surface area (Å²) >= 11 is 0.